The predicted molar refractivity (Wildman–Crippen MR) is 149 cm³/mol. The molecule has 0 fully saturated rings. The average Bonchev–Trinajstić information content (AvgIpc) is 2.96. The van der Waals surface area contributed by atoms with Crippen LogP contribution in [0.25, 0.3) is 0 Å². The van der Waals surface area contributed by atoms with Crippen molar-refractivity contribution in [2.24, 2.45) is 0 Å². The number of rotatable bonds is 10. The number of carbonyl (C=O) groups is 2. The van der Waals surface area contributed by atoms with Crippen molar-refractivity contribution in [1.82, 2.24) is 10.3 Å². The smallest absolute Gasteiger partial charge is 0.264 e. The molecule has 0 aliphatic heterocycles. The third kappa shape index (κ3) is 6.79. The summed E-state index contributed by atoms with van der Waals surface area (Å²) >= 11 is 0. The SMILES string of the molecule is COc1ccc(N(CC(=O)Nc2ccccc2C(=O)NCc2cccnc2)S(=O)(=O)c2ccc(C)cc2)cc1. The zero-order chi connectivity index (χ0) is 27.8. The average molecular weight is 545 g/mol. The first-order chi connectivity index (χ1) is 18.8. The van der Waals surface area contributed by atoms with Crippen LogP contribution in [0.1, 0.15) is 21.5 Å². The van der Waals surface area contributed by atoms with E-state index in [-0.39, 0.29) is 28.4 Å². The number of pyridine rings is 1. The van der Waals surface area contributed by atoms with Crippen LogP contribution in [0.3, 0.4) is 0 Å². The number of aryl methyl sites for hydroxylation is 1. The zero-order valence-corrected chi connectivity index (χ0v) is 22.3. The molecule has 0 aliphatic carbocycles. The molecule has 0 aliphatic rings. The summed E-state index contributed by atoms with van der Waals surface area (Å²) in [6.07, 6.45) is 3.29. The van der Waals surface area contributed by atoms with E-state index in [0.717, 1.165) is 15.4 Å². The lowest BCUT2D eigenvalue weighted by molar-refractivity contribution is -0.114. The number of benzene rings is 3. The van der Waals surface area contributed by atoms with E-state index < -0.39 is 28.4 Å². The second-order valence-electron chi connectivity index (χ2n) is 8.66. The molecule has 3 aromatic carbocycles. The van der Waals surface area contributed by atoms with E-state index in [4.69, 9.17) is 4.74 Å². The van der Waals surface area contributed by atoms with Crippen molar-refractivity contribution in [3.05, 3.63) is 114 Å². The molecular formula is C29H28N4O5S. The van der Waals surface area contributed by atoms with E-state index >= 15 is 0 Å². The van der Waals surface area contributed by atoms with Gasteiger partial charge in [0.1, 0.15) is 12.3 Å². The summed E-state index contributed by atoms with van der Waals surface area (Å²) in [4.78, 5) is 30.2. The number of sulfonamides is 1. The summed E-state index contributed by atoms with van der Waals surface area (Å²) in [6, 6.07) is 22.9. The van der Waals surface area contributed by atoms with Crippen molar-refractivity contribution >= 4 is 33.2 Å². The number of para-hydroxylation sites is 1. The Hall–Kier alpha value is -4.70. The minimum absolute atomic E-state index is 0.0481. The summed E-state index contributed by atoms with van der Waals surface area (Å²) in [7, 11) is -2.59. The molecule has 4 aromatic rings. The standard InChI is InChI=1S/C29H28N4O5S/c1-21-9-15-25(16-10-21)39(36,37)33(23-11-13-24(38-2)14-12-23)20-28(34)32-27-8-4-3-7-26(27)29(35)31-19-22-6-5-17-30-18-22/h3-18H,19-20H2,1-2H3,(H,31,35)(H,32,34). The van der Waals surface area contributed by atoms with Gasteiger partial charge >= 0.3 is 0 Å². The van der Waals surface area contributed by atoms with E-state index in [1.807, 2.05) is 13.0 Å². The van der Waals surface area contributed by atoms with E-state index in [9.17, 15) is 18.0 Å². The molecule has 200 valence electrons. The lowest BCUT2D eigenvalue weighted by Gasteiger charge is -2.24. The molecule has 0 spiro atoms. The summed E-state index contributed by atoms with van der Waals surface area (Å²) in [5.41, 5.74) is 2.51. The topological polar surface area (TPSA) is 118 Å². The van der Waals surface area contributed by atoms with E-state index in [1.165, 1.54) is 19.2 Å². The number of aromatic nitrogens is 1. The lowest BCUT2D eigenvalue weighted by atomic mass is 10.1. The highest BCUT2D eigenvalue weighted by Gasteiger charge is 2.28. The number of carbonyl (C=O) groups excluding carboxylic acids is 2. The molecule has 10 heteroatoms. The molecule has 39 heavy (non-hydrogen) atoms. The van der Waals surface area contributed by atoms with Gasteiger partial charge in [-0.2, -0.15) is 0 Å². The normalized spacial score (nSPS) is 10.9. The fraction of sp³-hybridized carbons (Fsp3) is 0.138. The van der Waals surface area contributed by atoms with E-state index in [0.29, 0.717) is 5.75 Å². The largest absolute Gasteiger partial charge is 0.497 e. The Morgan fingerprint density at radius 2 is 1.64 bits per heavy atom. The van der Waals surface area contributed by atoms with Gasteiger partial charge in [-0.05, 0) is 67.1 Å². The molecule has 0 unspecified atom stereocenters. The Labute approximate surface area is 227 Å². The predicted octanol–water partition coefficient (Wildman–Crippen LogP) is 4.16. The van der Waals surface area contributed by atoms with Crippen molar-refractivity contribution in [2.45, 2.75) is 18.4 Å². The van der Waals surface area contributed by atoms with Crippen LogP contribution < -0.4 is 19.7 Å². The van der Waals surface area contributed by atoms with E-state index in [1.54, 1.807) is 79.1 Å². The number of methoxy groups -OCH3 is 1. The van der Waals surface area contributed by atoms with Crippen molar-refractivity contribution in [3.63, 3.8) is 0 Å². The highest BCUT2D eigenvalue weighted by Crippen LogP contribution is 2.26. The van der Waals surface area contributed by atoms with Gasteiger partial charge in [0.25, 0.3) is 15.9 Å². The summed E-state index contributed by atoms with van der Waals surface area (Å²) in [5, 5.41) is 5.51. The van der Waals surface area contributed by atoms with Crippen LogP contribution in [-0.4, -0.2) is 38.9 Å². The van der Waals surface area contributed by atoms with Gasteiger partial charge in [-0.25, -0.2) is 8.42 Å². The third-order valence-corrected chi connectivity index (χ3v) is 7.67. The summed E-state index contributed by atoms with van der Waals surface area (Å²) in [5.74, 6) is -0.467. The first-order valence-electron chi connectivity index (χ1n) is 12.1. The maximum atomic E-state index is 13.6. The summed E-state index contributed by atoms with van der Waals surface area (Å²) < 4.78 is 33.5. The molecule has 2 N–H and O–H groups in total. The monoisotopic (exact) mass is 544 g/mol. The lowest BCUT2D eigenvalue weighted by Crippen LogP contribution is -2.38. The van der Waals surface area contributed by atoms with Gasteiger partial charge in [0.05, 0.1) is 28.9 Å². The Bertz CT molecular complexity index is 1540. The molecule has 0 atom stereocenters. The number of nitrogens with one attached hydrogen (secondary N) is 2. The van der Waals surface area contributed by atoms with Crippen LogP contribution in [0.4, 0.5) is 11.4 Å². The molecule has 1 heterocycles. The number of nitrogens with zero attached hydrogens (tertiary/aromatic N) is 2. The minimum atomic E-state index is -4.10. The van der Waals surface area contributed by atoms with E-state index in [2.05, 4.69) is 15.6 Å². The van der Waals surface area contributed by atoms with Gasteiger partial charge in [0, 0.05) is 18.9 Å². The van der Waals surface area contributed by atoms with Gasteiger partial charge in [-0.3, -0.25) is 18.9 Å². The van der Waals surface area contributed by atoms with Gasteiger partial charge in [-0.1, -0.05) is 35.9 Å². The Balaban J connectivity index is 1.57. The number of amides is 2. The number of hydrogen-bond acceptors (Lipinski definition) is 6. The Morgan fingerprint density at radius 3 is 2.31 bits per heavy atom. The van der Waals surface area contributed by atoms with Crippen molar-refractivity contribution in [3.8, 4) is 5.75 Å². The Morgan fingerprint density at radius 1 is 0.923 bits per heavy atom. The molecule has 0 bridgehead atoms. The quantitative estimate of drug-likeness (QED) is 0.310. The molecule has 4 rings (SSSR count). The minimum Gasteiger partial charge on any atom is -0.497 e. The number of anilines is 2. The maximum Gasteiger partial charge on any atom is 0.264 e. The molecular weight excluding hydrogens is 516 g/mol. The molecule has 0 radical (unpaired) electrons. The summed E-state index contributed by atoms with van der Waals surface area (Å²) in [6.45, 7) is 1.60. The molecule has 0 saturated heterocycles. The van der Waals surface area contributed by atoms with Gasteiger partial charge < -0.3 is 15.4 Å². The van der Waals surface area contributed by atoms with Crippen molar-refractivity contribution in [1.29, 1.82) is 0 Å². The first kappa shape index (κ1) is 27.3. The Kier molecular flexibility index (Phi) is 8.57. The second-order valence-corrected chi connectivity index (χ2v) is 10.5. The number of hydrogen-bond donors (Lipinski definition) is 2. The van der Waals surface area contributed by atoms with Crippen LogP contribution in [0.15, 0.2) is 102 Å². The molecule has 2 amide bonds. The fourth-order valence-electron chi connectivity index (χ4n) is 3.79. The number of ether oxygens (including phenoxy) is 1. The van der Waals surface area contributed by atoms with Crippen LogP contribution in [0.5, 0.6) is 5.75 Å². The highest BCUT2D eigenvalue weighted by atomic mass is 32.2. The second kappa shape index (κ2) is 12.2. The highest BCUT2D eigenvalue weighted by molar-refractivity contribution is 7.92. The fourth-order valence-corrected chi connectivity index (χ4v) is 5.21. The molecule has 9 nitrogen and oxygen atoms in total. The van der Waals surface area contributed by atoms with Crippen molar-refractivity contribution < 1.29 is 22.7 Å². The zero-order valence-electron chi connectivity index (χ0n) is 21.5. The van der Waals surface area contributed by atoms with Crippen LogP contribution in [0, 0.1) is 6.92 Å². The van der Waals surface area contributed by atoms with Gasteiger partial charge in [0.15, 0.2) is 0 Å². The third-order valence-electron chi connectivity index (χ3n) is 5.88. The maximum absolute atomic E-state index is 13.6. The van der Waals surface area contributed by atoms with Crippen LogP contribution >= 0.6 is 0 Å². The molecule has 0 saturated carbocycles. The van der Waals surface area contributed by atoms with Crippen LogP contribution in [-0.2, 0) is 21.4 Å². The van der Waals surface area contributed by atoms with Crippen LogP contribution in [0.2, 0.25) is 0 Å². The molecule has 1 aromatic heterocycles. The van der Waals surface area contributed by atoms with Crippen molar-refractivity contribution in [2.75, 3.05) is 23.3 Å². The van der Waals surface area contributed by atoms with Gasteiger partial charge in [0.2, 0.25) is 5.91 Å². The first-order valence-corrected chi connectivity index (χ1v) is 13.5. The van der Waals surface area contributed by atoms with Gasteiger partial charge in [-0.15, -0.1) is 0 Å².